The number of urea groups is 1. The number of nitrogens with one attached hydrogen (secondary N) is 3. The van der Waals surface area contributed by atoms with Crippen molar-refractivity contribution in [1.29, 1.82) is 0 Å². The Bertz CT molecular complexity index is 831. The summed E-state index contributed by atoms with van der Waals surface area (Å²) in [7, 11) is 1.57. The Labute approximate surface area is 131 Å². The summed E-state index contributed by atoms with van der Waals surface area (Å²) in [5.74, 6) is 0.673. The molecule has 1 heterocycles. The lowest BCUT2D eigenvalue weighted by Crippen LogP contribution is -2.19. The number of H-pyrrole nitrogens is 1. The Morgan fingerprint density at radius 2 is 1.95 bits per heavy atom. The van der Waals surface area contributed by atoms with Gasteiger partial charge in [-0.2, -0.15) is 0 Å². The van der Waals surface area contributed by atoms with Crippen LogP contribution in [-0.2, 0) is 0 Å². The van der Waals surface area contributed by atoms with Gasteiger partial charge in [-0.15, -0.1) is 0 Å². The van der Waals surface area contributed by atoms with Gasteiger partial charge < -0.3 is 20.4 Å². The van der Waals surface area contributed by atoms with Crippen LogP contribution in [0.3, 0.4) is 0 Å². The van der Waals surface area contributed by atoms with E-state index in [1.165, 1.54) is 0 Å². The summed E-state index contributed by atoms with van der Waals surface area (Å²) in [4.78, 5) is 19.0. The minimum Gasteiger partial charge on any atom is -0.497 e. The summed E-state index contributed by atoms with van der Waals surface area (Å²) in [6, 6.07) is 12.1. The number of imidazole rings is 1. The molecule has 3 rings (SSSR count). The van der Waals surface area contributed by atoms with Crippen molar-refractivity contribution in [3.05, 3.63) is 47.7 Å². The van der Waals surface area contributed by atoms with Gasteiger partial charge in [-0.05, 0) is 41.9 Å². The van der Waals surface area contributed by atoms with Gasteiger partial charge in [0.1, 0.15) is 5.75 Å². The number of benzene rings is 2. The summed E-state index contributed by atoms with van der Waals surface area (Å²) in [6.07, 6.45) is 0. The van der Waals surface area contributed by atoms with Crippen LogP contribution >= 0.6 is 11.6 Å². The maximum atomic E-state index is 12.0. The molecule has 0 atom stereocenters. The first-order valence-electron chi connectivity index (χ1n) is 6.51. The van der Waals surface area contributed by atoms with Gasteiger partial charge in [-0.25, -0.2) is 9.78 Å². The van der Waals surface area contributed by atoms with E-state index in [0.717, 1.165) is 11.0 Å². The number of carbonyl (C=O) groups excluding carboxylic acids is 1. The molecular weight excluding hydrogens is 304 g/mol. The van der Waals surface area contributed by atoms with Gasteiger partial charge >= 0.3 is 6.03 Å². The molecule has 0 bridgehead atoms. The van der Waals surface area contributed by atoms with Crippen molar-refractivity contribution in [3.8, 4) is 5.75 Å². The minimum atomic E-state index is -0.349. The standard InChI is InChI=1S/C15H13ClN4O2/c1-22-11-4-2-3-9(7-11)17-15(21)18-10-5-6-12-13(8-10)20-14(16)19-12/h2-8H,1H3,(H,19,20)(H2,17,18,21). The number of nitrogens with zero attached hydrogens (tertiary/aromatic N) is 1. The van der Waals surface area contributed by atoms with Crippen molar-refractivity contribution in [2.45, 2.75) is 0 Å². The smallest absolute Gasteiger partial charge is 0.323 e. The van der Waals surface area contributed by atoms with Gasteiger partial charge in [0.05, 0.1) is 18.1 Å². The zero-order valence-electron chi connectivity index (χ0n) is 11.7. The molecule has 0 spiro atoms. The lowest BCUT2D eigenvalue weighted by Gasteiger charge is -2.08. The van der Waals surface area contributed by atoms with Crippen LogP contribution < -0.4 is 15.4 Å². The number of halogens is 1. The van der Waals surface area contributed by atoms with E-state index in [1.54, 1.807) is 49.6 Å². The number of fused-ring (bicyclic) bond motifs is 1. The lowest BCUT2D eigenvalue weighted by atomic mass is 10.3. The fraction of sp³-hybridized carbons (Fsp3) is 0.0667. The normalized spacial score (nSPS) is 10.5. The second-order valence-corrected chi connectivity index (χ2v) is 4.93. The molecule has 0 unspecified atom stereocenters. The number of aromatic nitrogens is 2. The average molecular weight is 317 g/mol. The van der Waals surface area contributed by atoms with E-state index in [9.17, 15) is 4.79 Å². The van der Waals surface area contributed by atoms with E-state index < -0.39 is 0 Å². The lowest BCUT2D eigenvalue weighted by molar-refractivity contribution is 0.262. The van der Waals surface area contributed by atoms with Crippen molar-refractivity contribution in [2.24, 2.45) is 0 Å². The molecule has 0 aliphatic carbocycles. The van der Waals surface area contributed by atoms with Crippen molar-refractivity contribution in [1.82, 2.24) is 9.97 Å². The maximum Gasteiger partial charge on any atom is 0.323 e. The Kier molecular flexibility index (Phi) is 3.84. The summed E-state index contributed by atoms with van der Waals surface area (Å²) >= 11 is 5.80. The molecule has 0 saturated heterocycles. The van der Waals surface area contributed by atoms with E-state index in [0.29, 0.717) is 22.4 Å². The maximum absolute atomic E-state index is 12.0. The third-order valence-corrected chi connectivity index (χ3v) is 3.22. The molecule has 3 aromatic rings. The highest BCUT2D eigenvalue weighted by molar-refractivity contribution is 6.29. The second kappa shape index (κ2) is 5.95. The molecule has 0 fully saturated rings. The van der Waals surface area contributed by atoms with E-state index in [-0.39, 0.29) is 6.03 Å². The number of rotatable bonds is 3. The Hall–Kier alpha value is -2.73. The zero-order chi connectivity index (χ0) is 15.5. The van der Waals surface area contributed by atoms with E-state index in [1.807, 2.05) is 0 Å². The van der Waals surface area contributed by atoms with E-state index in [2.05, 4.69) is 20.6 Å². The van der Waals surface area contributed by atoms with Crippen LogP contribution in [0.4, 0.5) is 16.2 Å². The van der Waals surface area contributed by atoms with Crippen molar-refractivity contribution >= 4 is 40.0 Å². The first-order chi connectivity index (χ1) is 10.6. The van der Waals surface area contributed by atoms with Crippen LogP contribution in [-0.4, -0.2) is 23.1 Å². The number of hydrogen-bond acceptors (Lipinski definition) is 3. The van der Waals surface area contributed by atoms with Gasteiger partial charge in [0, 0.05) is 17.4 Å². The Morgan fingerprint density at radius 3 is 2.73 bits per heavy atom. The van der Waals surface area contributed by atoms with Gasteiger partial charge in [0.15, 0.2) is 0 Å². The molecule has 1 aromatic heterocycles. The van der Waals surface area contributed by atoms with Crippen molar-refractivity contribution in [2.75, 3.05) is 17.7 Å². The Morgan fingerprint density at radius 1 is 1.18 bits per heavy atom. The van der Waals surface area contributed by atoms with Crippen molar-refractivity contribution in [3.63, 3.8) is 0 Å². The summed E-state index contributed by atoms with van der Waals surface area (Å²) in [5, 5.41) is 5.80. The molecule has 2 aromatic carbocycles. The molecule has 0 saturated carbocycles. The zero-order valence-corrected chi connectivity index (χ0v) is 12.4. The van der Waals surface area contributed by atoms with Crippen LogP contribution in [0, 0.1) is 0 Å². The number of hydrogen-bond donors (Lipinski definition) is 3. The molecule has 7 heteroatoms. The quantitative estimate of drug-likeness (QED) is 0.686. The SMILES string of the molecule is COc1cccc(NC(=O)Nc2ccc3nc(Cl)[nH]c3c2)c1. The summed E-state index contributed by atoms with van der Waals surface area (Å²) in [6.45, 7) is 0. The number of anilines is 2. The minimum absolute atomic E-state index is 0.313. The number of aromatic amines is 1. The molecule has 3 N–H and O–H groups in total. The summed E-state index contributed by atoms with van der Waals surface area (Å²) in [5.41, 5.74) is 2.77. The van der Waals surface area contributed by atoms with Gasteiger partial charge in [0.25, 0.3) is 0 Å². The number of ether oxygens (including phenoxy) is 1. The number of carbonyl (C=O) groups is 1. The van der Waals surface area contributed by atoms with E-state index >= 15 is 0 Å². The second-order valence-electron chi connectivity index (χ2n) is 4.57. The Balaban J connectivity index is 1.71. The highest BCUT2D eigenvalue weighted by Crippen LogP contribution is 2.20. The number of methoxy groups -OCH3 is 1. The van der Waals surface area contributed by atoms with Crippen molar-refractivity contribution < 1.29 is 9.53 Å². The molecule has 0 aliphatic rings. The summed E-state index contributed by atoms with van der Waals surface area (Å²) < 4.78 is 5.11. The molecule has 6 nitrogen and oxygen atoms in total. The predicted octanol–water partition coefficient (Wildman–Crippen LogP) is 3.87. The monoisotopic (exact) mass is 316 g/mol. The van der Waals surface area contributed by atoms with Gasteiger partial charge in [-0.1, -0.05) is 6.07 Å². The predicted molar refractivity (Wildman–Crippen MR) is 86.7 cm³/mol. The van der Waals surface area contributed by atoms with Crippen LogP contribution in [0.2, 0.25) is 5.28 Å². The van der Waals surface area contributed by atoms with Gasteiger partial charge in [0.2, 0.25) is 5.28 Å². The van der Waals surface area contributed by atoms with Crippen LogP contribution in [0.15, 0.2) is 42.5 Å². The fourth-order valence-corrected chi connectivity index (χ4v) is 2.24. The molecule has 0 aliphatic heterocycles. The van der Waals surface area contributed by atoms with E-state index in [4.69, 9.17) is 16.3 Å². The topological polar surface area (TPSA) is 79.0 Å². The van der Waals surface area contributed by atoms with Crippen LogP contribution in [0.1, 0.15) is 0 Å². The number of amides is 2. The first kappa shape index (κ1) is 14.2. The molecule has 112 valence electrons. The third kappa shape index (κ3) is 3.12. The van der Waals surface area contributed by atoms with Gasteiger partial charge in [-0.3, -0.25) is 0 Å². The highest BCUT2D eigenvalue weighted by Gasteiger charge is 2.06. The average Bonchev–Trinajstić information content (AvgIpc) is 2.86. The molecule has 2 amide bonds. The first-order valence-corrected chi connectivity index (χ1v) is 6.89. The highest BCUT2D eigenvalue weighted by atomic mass is 35.5. The largest absolute Gasteiger partial charge is 0.497 e. The third-order valence-electron chi connectivity index (χ3n) is 3.04. The van der Waals surface area contributed by atoms with Crippen LogP contribution in [0.25, 0.3) is 11.0 Å². The fourth-order valence-electron chi connectivity index (χ4n) is 2.05. The van der Waals surface area contributed by atoms with Crippen LogP contribution in [0.5, 0.6) is 5.75 Å². The molecular formula is C15H13ClN4O2. The molecule has 0 radical (unpaired) electrons. The molecule has 22 heavy (non-hydrogen) atoms.